The van der Waals surface area contributed by atoms with Crippen molar-refractivity contribution in [3.05, 3.63) is 45.1 Å². The number of carboxylic acids is 1. The average Bonchev–Trinajstić information content (AvgIpc) is 2.72. The summed E-state index contributed by atoms with van der Waals surface area (Å²) >= 11 is 0.987. The highest BCUT2D eigenvalue weighted by atomic mass is 32.1. The molecule has 0 spiro atoms. The van der Waals surface area contributed by atoms with Crippen molar-refractivity contribution < 1.29 is 14.3 Å². The van der Waals surface area contributed by atoms with E-state index in [0.29, 0.717) is 17.7 Å². The number of thiazole rings is 1. The molecule has 0 fully saturated rings. The smallest absolute Gasteiger partial charge is 0.307 e. The number of hydrogen-bond donors (Lipinski definition) is 1. The summed E-state index contributed by atoms with van der Waals surface area (Å²) in [7, 11) is 0. The van der Waals surface area contributed by atoms with Gasteiger partial charge >= 0.3 is 10.8 Å². The van der Waals surface area contributed by atoms with Crippen molar-refractivity contribution >= 4 is 17.3 Å². The number of hydrogen-bond acceptors (Lipinski definition) is 3. The van der Waals surface area contributed by atoms with Crippen LogP contribution in [0.5, 0.6) is 0 Å². The van der Waals surface area contributed by atoms with E-state index in [2.05, 4.69) is 0 Å². The highest BCUT2D eigenvalue weighted by Crippen LogP contribution is 2.23. The van der Waals surface area contributed by atoms with Crippen LogP contribution in [-0.4, -0.2) is 15.6 Å². The normalized spacial score (nSPS) is 10.6. The van der Waals surface area contributed by atoms with E-state index in [1.165, 1.54) is 10.6 Å². The lowest BCUT2D eigenvalue weighted by Crippen LogP contribution is -2.15. The molecule has 100 valence electrons. The van der Waals surface area contributed by atoms with Crippen LogP contribution >= 0.6 is 11.3 Å². The molecule has 0 saturated carbocycles. The van der Waals surface area contributed by atoms with E-state index in [9.17, 15) is 14.0 Å². The molecule has 0 unspecified atom stereocenters. The van der Waals surface area contributed by atoms with Gasteiger partial charge in [-0.15, -0.1) is 0 Å². The molecule has 0 atom stereocenters. The van der Waals surface area contributed by atoms with Gasteiger partial charge in [0.1, 0.15) is 5.82 Å². The Morgan fingerprint density at radius 3 is 2.79 bits per heavy atom. The number of nitrogens with zero attached hydrogens (tertiary/aromatic N) is 1. The zero-order chi connectivity index (χ0) is 13.8. The van der Waals surface area contributed by atoms with Crippen molar-refractivity contribution in [1.29, 1.82) is 0 Å². The van der Waals surface area contributed by atoms with E-state index in [4.69, 9.17) is 5.11 Å². The van der Waals surface area contributed by atoms with Crippen LogP contribution in [0.2, 0.25) is 0 Å². The van der Waals surface area contributed by atoms with Crippen LogP contribution in [0.15, 0.2) is 34.4 Å². The van der Waals surface area contributed by atoms with Crippen LogP contribution in [0.4, 0.5) is 4.39 Å². The van der Waals surface area contributed by atoms with E-state index >= 15 is 0 Å². The summed E-state index contributed by atoms with van der Waals surface area (Å²) in [6, 6.07) is 6.21. The molecule has 0 aliphatic rings. The summed E-state index contributed by atoms with van der Waals surface area (Å²) in [5.41, 5.74) is 0.856. The number of halogens is 1. The fourth-order valence-corrected chi connectivity index (χ4v) is 2.59. The molecule has 6 heteroatoms. The maximum Gasteiger partial charge on any atom is 0.307 e. The summed E-state index contributed by atoms with van der Waals surface area (Å²) in [6.07, 6.45) is 0.326. The third-order valence-corrected chi connectivity index (χ3v) is 3.47. The average molecular weight is 281 g/mol. The predicted octanol–water partition coefficient (Wildman–Crippen LogP) is 2.58. The van der Waals surface area contributed by atoms with Crippen LogP contribution in [0.25, 0.3) is 11.3 Å². The number of aromatic nitrogens is 1. The van der Waals surface area contributed by atoms with Gasteiger partial charge in [0.15, 0.2) is 0 Å². The second-order valence-corrected chi connectivity index (χ2v) is 4.84. The Bertz CT molecular complexity index is 647. The van der Waals surface area contributed by atoms with Crippen molar-refractivity contribution in [2.24, 2.45) is 0 Å². The molecule has 4 nitrogen and oxygen atoms in total. The fraction of sp³-hybridized carbons (Fsp3) is 0.231. The number of rotatable bonds is 5. The standard InChI is InChI=1S/C13H12FNO3S/c14-10-5-2-1-4-9(10)11-8-19-13(18)15(11)7-3-6-12(16)17/h1-2,4-5,8H,3,6-7H2,(H,16,17). The molecule has 1 heterocycles. The summed E-state index contributed by atoms with van der Waals surface area (Å²) < 4.78 is 15.1. The number of carboxylic acid groups (broad SMARTS) is 1. The minimum Gasteiger partial charge on any atom is -0.481 e. The minimum absolute atomic E-state index is 0.0149. The first-order valence-electron chi connectivity index (χ1n) is 5.74. The Labute approximate surface area is 112 Å². The lowest BCUT2D eigenvalue weighted by atomic mass is 10.1. The Morgan fingerprint density at radius 2 is 2.11 bits per heavy atom. The second-order valence-electron chi connectivity index (χ2n) is 4.02. The topological polar surface area (TPSA) is 59.3 Å². The number of benzene rings is 1. The Kier molecular flexibility index (Phi) is 4.11. The van der Waals surface area contributed by atoms with Crippen molar-refractivity contribution in [1.82, 2.24) is 4.57 Å². The van der Waals surface area contributed by atoms with E-state index in [-0.39, 0.29) is 17.8 Å². The minimum atomic E-state index is -0.907. The Morgan fingerprint density at radius 1 is 1.37 bits per heavy atom. The van der Waals surface area contributed by atoms with Crippen molar-refractivity contribution in [3.8, 4) is 11.3 Å². The maximum absolute atomic E-state index is 13.7. The van der Waals surface area contributed by atoms with Gasteiger partial charge in [-0.1, -0.05) is 23.5 Å². The molecule has 1 aromatic carbocycles. The lowest BCUT2D eigenvalue weighted by molar-refractivity contribution is -0.137. The first kappa shape index (κ1) is 13.5. The van der Waals surface area contributed by atoms with Gasteiger partial charge in [0.2, 0.25) is 0 Å². The first-order chi connectivity index (χ1) is 9.09. The van der Waals surface area contributed by atoms with E-state index in [1.54, 1.807) is 23.6 Å². The number of carbonyl (C=O) groups is 1. The molecule has 1 aromatic heterocycles. The van der Waals surface area contributed by atoms with Crippen molar-refractivity contribution in [2.75, 3.05) is 0 Å². The van der Waals surface area contributed by atoms with Crippen molar-refractivity contribution in [2.45, 2.75) is 19.4 Å². The van der Waals surface area contributed by atoms with Crippen LogP contribution in [0.1, 0.15) is 12.8 Å². The largest absolute Gasteiger partial charge is 0.481 e. The van der Waals surface area contributed by atoms with E-state index < -0.39 is 11.8 Å². The second kappa shape index (κ2) is 5.79. The van der Waals surface area contributed by atoms with E-state index in [0.717, 1.165) is 11.3 Å². The molecule has 2 aromatic rings. The van der Waals surface area contributed by atoms with Gasteiger partial charge in [0.05, 0.1) is 5.69 Å². The van der Waals surface area contributed by atoms with Gasteiger partial charge in [-0.3, -0.25) is 14.2 Å². The molecule has 19 heavy (non-hydrogen) atoms. The van der Waals surface area contributed by atoms with Gasteiger partial charge in [-0.05, 0) is 18.6 Å². The molecule has 0 bridgehead atoms. The predicted molar refractivity (Wildman–Crippen MR) is 70.8 cm³/mol. The molecule has 0 saturated heterocycles. The maximum atomic E-state index is 13.7. The summed E-state index contributed by atoms with van der Waals surface area (Å²) in [5.74, 6) is -1.30. The van der Waals surface area contributed by atoms with Gasteiger partial charge in [-0.2, -0.15) is 0 Å². The van der Waals surface area contributed by atoms with Crippen LogP contribution in [-0.2, 0) is 11.3 Å². The summed E-state index contributed by atoms with van der Waals surface area (Å²) in [6.45, 7) is 0.276. The SMILES string of the molecule is O=C(O)CCCn1c(-c2ccccc2F)csc1=O. The third-order valence-electron chi connectivity index (χ3n) is 2.70. The lowest BCUT2D eigenvalue weighted by Gasteiger charge is -2.07. The molecule has 1 N–H and O–H groups in total. The fourth-order valence-electron chi connectivity index (χ4n) is 1.81. The first-order valence-corrected chi connectivity index (χ1v) is 6.62. The monoisotopic (exact) mass is 281 g/mol. The molecule has 0 aliphatic carbocycles. The third kappa shape index (κ3) is 3.08. The number of aliphatic carboxylic acids is 1. The highest BCUT2D eigenvalue weighted by Gasteiger charge is 2.12. The quantitative estimate of drug-likeness (QED) is 0.916. The van der Waals surface area contributed by atoms with Crippen LogP contribution < -0.4 is 4.87 Å². The summed E-state index contributed by atoms with van der Waals surface area (Å²) in [5, 5.41) is 10.2. The van der Waals surface area contributed by atoms with Crippen LogP contribution in [0, 0.1) is 5.82 Å². The molecule has 2 rings (SSSR count). The zero-order valence-electron chi connectivity index (χ0n) is 10.0. The van der Waals surface area contributed by atoms with Crippen LogP contribution in [0.3, 0.4) is 0 Å². The molecular formula is C13H12FNO3S. The van der Waals surface area contributed by atoms with Gasteiger partial charge in [0.25, 0.3) is 0 Å². The Balaban J connectivity index is 2.30. The van der Waals surface area contributed by atoms with Gasteiger partial charge in [0, 0.05) is 23.9 Å². The molecule has 0 radical (unpaired) electrons. The highest BCUT2D eigenvalue weighted by molar-refractivity contribution is 7.07. The van der Waals surface area contributed by atoms with Crippen molar-refractivity contribution in [3.63, 3.8) is 0 Å². The van der Waals surface area contributed by atoms with E-state index in [1.807, 2.05) is 0 Å². The Hall–Kier alpha value is -1.95. The van der Waals surface area contributed by atoms with Gasteiger partial charge in [-0.25, -0.2) is 4.39 Å². The summed E-state index contributed by atoms with van der Waals surface area (Å²) in [4.78, 5) is 22.0. The van der Waals surface area contributed by atoms with Gasteiger partial charge < -0.3 is 5.11 Å². The molecular weight excluding hydrogens is 269 g/mol. The zero-order valence-corrected chi connectivity index (χ0v) is 10.8. The molecule has 0 amide bonds. The molecule has 0 aliphatic heterocycles.